The van der Waals surface area contributed by atoms with Crippen molar-refractivity contribution in [1.29, 1.82) is 0 Å². The molecule has 0 radical (unpaired) electrons. The standard InChI is InChI=1S/C22H19BrN4O4/c1-2-31-16-9-7-15(8-10-16)25-21(28)17-12-24-27-19(13-3-5-14(23)6-4-13)11-18(22(29)30)26-20(17)27/h3-12,19,26H,2H2,1H3,(H,25,28)(H,29,30). The molecular weight excluding hydrogens is 464 g/mol. The van der Waals surface area contributed by atoms with E-state index >= 15 is 0 Å². The lowest BCUT2D eigenvalue weighted by Crippen LogP contribution is -2.25. The molecule has 2 heterocycles. The van der Waals surface area contributed by atoms with E-state index in [0.717, 1.165) is 10.0 Å². The van der Waals surface area contributed by atoms with Crippen molar-refractivity contribution in [1.82, 2.24) is 9.78 Å². The van der Waals surface area contributed by atoms with Gasteiger partial charge in [-0.1, -0.05) is 28.1 Å². The molecule has 0 spiro atoms. The van der Waals surface area contributed by atoms with E-state index < -0.39 is 17.9 Å². The first-order chi connectivity index (χ1) is 15.0. The Bertz CT molecular complexity index is 1150. The average Bonchev–Trinajstić information content (AvgIpc) is 3.19. The van der Waals surface area contributed by atoms with Gasteiger partial charge < -0.3 is 20.5 Å². The minimum Gasteiger partial charge on any atom is -0.494 e. The van der Waals surface area contributed by atoms with Gasteiger partial charge in [0.05, 0.1) is 18.8 Å². The van der Waals surface area contributed by atoms with Gasteiger partial charge in [-0.2, -0.15) is 5.10 Å². The predicted octanol–water partition coefficient (Wildman–Crippen LogP) is 4.28. The Kier molecular flexibility index (Phi) is 5.77. The molecule has 3 N–H and O–H groups in total. The highest BCUT2D eigenvalue weighted by Gasteiger charge is 2.29. The number of hydrogen-bond donors (Lipinski definition) is 3. The Morgan fingerprint density at radius 2 is 1.90 bits per heavy atom. The van der Waals surface area contributed by atoms with Crippen LogP contribution in [0.1, 0.15) is 28.9 Å². The summed E-state index contributed by atoms with van der Waals surface area (Å²) in [5.74, 6) is -0.499. The molecule has 0 saturated carbocycles. The summed E-state index contributed by atoms with van der Waals surface area (Å²) in [6.07, 6.45) is 3.00. The summed E-state index contributed by atoms with van der Waals surface area (Å²) in [5.41, 5.74) is 1.65. The molecule has 0 fully saturated rings. The van der Waals surface area contributed by atoms with Crippen molar-refractivity contribution in [2.24, 2.45) is 0 Å². The zero-order valence-electron chi connectivity index (χ0n) is 16.5. The van der Waals surface area contributed by atoms with E-state index in [2.05, 4.69) is 31.7 Å². The Hall–Kier alpha value is -3.59. The summed E-state index contributed by atoms with van der Waals surface area (Å²) in [6.45, 7) is 2.45. The number of rotatable bonds is 6. The number of anilines is 2. The molecule has 1 atom stereocenters. The zero-order chi connectivity index (χ0) is 22.0. The number of aromatic nitrogens is 2. The highest BCUT2D eigenvalue weighted by Crippen LogP contribution is 2.33. The number of carboxylic acids is 1. The van der Waals surface area contributed by atoms with Crippen LogP contribution in [0, 0.1) is 0 Å². The number of carbonyl (C=O) groups excluding carboxylic acids is 1. The quantitative estimate of drug-likeness (QED) is 0.484. The van der Waals surface area contributed by atoms with Crippen molar-refractivity contribution < 1.29 is 19.4 Å². The molecule has 1 aliphatic heterocycles. The number of hydrogen-bond acceptors (Lipinski definition) is 5. The first-order valence-corrected chi connectivity index (χ1v) is 10.3. The minimum atomic E-state index is -1.12. The van der Waals surface area contributed by atoms with E-state index in [4.69, 9.17) is 4.74 Å². The van der Waals surface area contributed by atoms with Crippen molar-refractivity contribution in [3.63, 3.8) is 0 Å². The first-order valence-electron chi connectivity index (χ1n) is 9.55. The average molecular weight is 483 g/mol. The molecule has 0 bridgehead atoms. The van der Waals surface area contributed by atoms with E-state index in [1.165, 1.54) is 6.20 Å². The zero-order valence-corrected chi connectivity index (χ0v) is 18.1. The monoisotopic (exact) mass is 482 g/mol. The molecule has 3 aromatic rings. The smallest absolute Gasteiger partial charge is 0.352 e. The molecule has 8 nitrogen and oxygen atoms in total. The van der Waals surface area contributed by atoms with E-state index in [0.29, 0.717) is 23.9 Å². The van der Waals surface area contributed by atoms with Gasteiger partial charge in [-0.15, -0.1) is 0 Å². The second-order valence-corrected chi connectivity index (χ2v) is 7.69. The van der Waals surface area contributed by atoms with Crippen molar-refractivity contribution in [3.05, 3.63) is 82.1 Å². The van der Waals surface area contributed by atoms with Crippen LogP contribution in [0.5, 0.6) is 5.75 Å². The van der Waals surface area contributed by atoms with Crippen molar-refractivity contribution in [2.75, 3.05) is 17.2 Å². The summed E-state index contributed by atoms with van der Waals surface area (Å²) in [7, 11) is 0. The summed E-state index contributed by atoms with van der Waals surface area (Å²) in [5, 5.41) is 19.5. The van der Waals surface area contributed by atoms with E-state index in [1.807, 2.05) is 31.2 Å². The molecule has 0 aliphatic carbocycles. The van der Waals surface area contributed by atoms with Crippen LogP contribution in [-0.4, -0.2) is 33.4 Å². The van der Waals surface area contributed by atoms with Gasteiger partial charge >= 0.3 is 5.97 Å². The van der Waals surface area contributed by atoms with Crippen LogP contribution < -0.4 is 15.4 Å². The van der Waals surface area contributed by atoms with Gasteiger partial charge in [0.15, 0.2) is 0 Å². The number of allylic oxidation sites excluding steroid dienone is 1. The van der Waals surface area contributed by atoms with Gasteiger partial charge in [0, 0.05) is 10.2 Å². The van der Waals surface area contributed by atoms with Crippen molar-refractivity contribution in [2.45, 2.75) is 13.0 Å². The van der Waals surface area contributed by atoms with Gasteiger partial charge in [-0.05, 0) is 55.0 Å². The van der Waals surface area contributed by atoms with Gasteiger partial charge in [0.1, 0.15) is 22.8 Å². The lowest BCUT2D eigenvalue weighted by Gasteiger charge is -2.24. The summed E-state index contributed by atoms with van der Waals surface area (Å²) < 4.78 is 7.91. The Morgan fingerprint density at radius 3 is 2.55 bits per heavy atom. The number of aliphatic carboxylic acids is 1. The third-order valence-corrected chi connectivity index (χ3v) is 5.27. The number of ether oxygens (including phenoxy) is 1. The maximum Gasteiger partial charge on any atom is 0.352 e. The second-order valence-electron chi connectivity index (χ2n) is 6.77. The Labute approximate surface area is 186 Å². The molecule has 2 aromatic carbocycles. The summed E-state index contributed by atoms with van der Waals surface area (Å²) in [6, 6.07) is 14.0. The minimum absolute atomic E-state index is 0.0176. The highest BCUT2D eigenvalue weighted by atomic mass is 79.9. The number of benzene rings is 2. The number of fused-ring (bicyclic) bond motifs is 1. The SMILES string of the molecule is CCOc1ccc(NC(=O)c2cnn3c2NC(C(=O)O)=CC3c2ccc(Br)cc2)cc1. The molecule has 158 valence electrons. The van der Waals surface area contributed by atoms with E-state index in [-0.39, 0.29) is 11.3 Å². The fraction of sp³-hybridized carbons (Fsp3) is 0.136. The molecule has 4 rings (SSSR count). The largest absolute Gasteiger partial charge is 0.494 e. The van der Waals surface area contributed by atoms with Crippen LogP contribution in [0.3, 0.4) is 0 Å². The van der Waals surface area contributed by atoms with Gasteiger partial charge in [-0.3, -0.25) is 4.79 Å². The Morgan fingerprint density at radius 1 is 1.19 bits per heavy atom. The topological polar surface area (TPSA) is 105 Å². The molecule has 1 unspecified atom stereocenters. The van der Waals surface area contributed by atoms with Crippen LogP contribution in [-0.2, 0) is 4.79 Å². The molecule has 1 aliphatic rings. The van der Waals surface area contributed by atoms with Crippen LogP contribution in [0.25, 0.3) is 0 Å². The predicted molar refractivity (Wildman–Crippen MR) is 119 cm³/mol. The number of nitrogens with one attached hydrogen (secondary N) is 2. The molecular formula is C22H19BrN4O4. The molecule has 9 heteroatoms. The first kappa shape index (κ1) is 20.7. The third kappa shape index (κ3) is 4.31. The number of carboxylic acid groups (broad SMARTS) is 1. The number of nitrogens with zero attached hydrogens (tertiary/aromatic N) is 2. The Balaban J connectivity index is 1.64. The van der Waals surface area contributed by atoms with Crippen LogP contribution >= 0.6 is 15.9 Å². The summed E-state index contributed by atoms with van der Waals surface area (Å²) in [4.78, 5) is 24.6. The van der Waals surface area contributed by atoms with Gasteiger partial charge in [-0.25, -0.2) is 9.48 Å². The van der Waals surface area contributed by atoms with Gasteiger partial charge in [0.25, 0.3) is 5.91 Å². The lowest BCUT2D eigenvalue weighted by molar-refractivity contribution is -0.132. The highest BCUT2D eigenvalue weighted by molar-refractivity contribution is 9.10. The fourth-order valence-corrected chi connectivity index (χ4v) is 3.55. The molecule has 1 aromatic heterocycles. The number of amides is 1. The van der Waals surface area contributed by atoms with Crippen LogP contribution in [0.2, 0.25) is 0 Å². The van der Waals surface area contributed by atoms with Gasteiger partial charge in [0.2, 0.25) is 0 Å². The van der Waals surface area contributed by atoms with Crippen LogP contribution in [0.4, 0.5) is 11.5 Å². The fourth-order valence-electron chi connectivity index (χ4n) is 3.28. The van der Waals surface area contributed by atoms with E-state index in [1.54, 1.807) is 35.0 Å². The van der Waals surface area contributed by atoms with Crippen LogP contribution in [0.15, 0.2) is 71.0 Å². The summed E-state index contributed by atoms with van der Waals surface area (Å²) >= 11 is 3.40. The molecule has 31 heavy (non-hydrogen) atoms. The van der Waals surface area contributed by atoms with E-state index in [9.17, 15) is 14.7 Å². The number of halogens is 1. The normalized spacial score (nSPS) is 14.8. The number of carbonyl (C=O) groups is 2. The molecule has 0 saturated heterocycles. The lowest BCUT2D eigenvalue weighted by atomic mass is 10.0. The maximum absolute atomic E-state index is 12.9. The molecule has 1 amide bonds. The van der Waals surface area contributed by atoms with Crippen molar-refractivity contribution in [3.8, 4) is 5.75 Å². The maximum atomic E-state index is 12.9. The third-order valence-electron chi connectivity index (χ3n) is 4.75. The second kappa shape index (κ2) is 8.65. The van der Waals surface area contributed by atoms with Crippen molar-refractivity contribution >= 4 is 39.3 Å².